The highest BCUT2D eigenvalue weighted by atomic mass is 16.5. The van der Waals surface area contributed by atoms with E-state index in [2.05, 4.69) is 22.9 Å². The summed E-state index contributed by atoms with van der Waals surface area (Å²) in [5, 5.41) is 9.17. The van der Waals surface area contributed by atoms with Crippen molar-refractivity contribution in [3.63, 3.8) is 0 Å². The average molecular weight is 246 g/mol. The Morgan fingerprint density at radius 2 is 2.28 bits per heavy atom. The number of nitriles is 1. The van der Waals surface area contributed by atoms with Crippen LogP contribution in [0.2, 0.25) is 0 Å². The van der Waals surface area contributed by atoms with Gasteiger partial charge in [0.2, 0.25) is 0 Å². The van der Waals surface area contributed by atoms with Crippen LogP contribution in [0.25, 0.3) is 0 Å². The molecule has 5 heteroatoms. The molecular formula is C13H18N4O. The van der Waals surface area contributed by atoms with Crippen molar-refractivity contribution >= 4 is 5.69 Å². The Balaban J connectivity index is 2.35. The molecule has 2 rings (SSSR count). The number of aromatic nitrogens is 1. The normalized spacial score (nSPS) is 18.2. The third-order valence-electron chi connectivity index (χ3n) is 3.34. The molecule has 0 aliphatic carbocycles. The lowest BCUT2D eigenvalue weighted by atomic mass is 9.99. The van der Waals surface area contributed by atoms with Gasteiger partial charge in [-0.15, -0.1) is 0 Å². The summed E-state index contributed by atoms with van der Waals surface area (Å²) < 4.78 is 5.36. The van der Waals surface area contributed by atoms with Crippen LogP contribution in [-0.4, -0.2) is 36.2 Å². The zero-order chi connectivity index (χ0) is 13.0. The lowest BCUT2D eigenvalue weighted by Crippen LogP contribution is -2.39. The predicted octanol–water partition coefficient (Wildman–Crippen LogP) is 1.32. The van der Waals surface area contributed by atoms with Crippen LogP contribution < -0.4 is 5.73 Å². The van der Waals surface area contributed by atoms with Gasteiger partial charge in [0.15, 0.2) is 0 Å². The third-order valence-corrected chi connectivity index (χ3v) is 3.34. The molecule has 0 aromatic carbocycles. The van der Waals surface area contributed by atoms with Gasteiger partial charge in [0, 0.05) is 36.6 Å². The summed E-state index contributed by atoms with van der Waals surface area (Å²) in [6, 6.07) is 4.05. The first-order valence-corrected chi connectivity index (χ1v) is 6.24. The minimum absolute atomic E-state index is 0.150. The molecule has 1 aromatic rings. The smallest absolute Gasteiger partial charge is 0.147 e. The van der Waals surface area contributed by atoms with E-state index in [9.17, 15) is 5.26 Å². The predicted molar refractivity (Wildman–Crippen MR) is 68.8 cm³/mol. The maximum absolute atomic E-state index is 9.17. The van der Waals surface area contributed by atoms with Crippen LogP contribution in [0, 0.1) is 11.3 Å². The number of nitrogens with two attached hydrogens (primary N) is 1. The SMILES string of the molecule is CCC(c1c(N)ccnc1C#N)N1CCOCC1. The number of nitrogens with zero attached hydrogens (tertiary/aromatic N) is 3. The number of pyridine rings is 1. The van der Waals surface area contributed by atoms with Crippen molar-refractivity contribution in [2.24, 2.45) is 0 Å². The Labute approximate surface area is 107 Å². The molecule has 0 saturated carbocycles. The minimum Gasteiger partial charge on any atom is -0.398 e. The molecule has 5 nitrogen and oxygen atoms in total. The van der Waals surface area contributed by atoms with Crippen LogP contribution >= 0.6 is 0 Å². The topological polar surface area (TPSA) is 75.2 Å². The number of nitrogen functional groups attached to an aromatic ring is 1. The quantitative estimate of drug-likeness (QED) is 0.870. The zero-order valence-electron chi connectivity index (χ0n) is 10.6. The second kappa shape index (κ2) is 5.80. The highest BCUT2D eigenvalue weighted by molar-refractivity contribution is 5.53. The van der Waals surface area contributed by atoms with Gasteiger partial charge in [-0.1, -0.05) is 6.92 Å². The Morgan fingerprint density at radius 1 is 1.56 bits per heavy atom. The summed E-state index contributed by atoms with van der Waals surface area (Å²) in [6.45, 7) is 5.32. The second-order valence-electron chi connectivity index (χ2n) is 4.35. The van der Waals surface area contributed by atoms with Gasteiger partial charge in [-0.25, -0.2) is 4.98 Å². The van der Waals surface area contributed by atoms with Crippen molar-refractivity contribution in [1.82, 2.24) is 9.88 Å². The average Bonchev–Trinajstić information content (AvgIpc) is 2.42. The third kappa shape index (κ3) is 2.45. The number of hydrogen-bond acceptors (Lipinski definition) is 5. The van der Waals surface area contributed by atoms with Gasteiger partial charge in [-0.05, 0) is 12.5 Å². The van der Waals surface area contributed by atoms with E-state index in [4.69, 9.17) is 10.5 Å². The van der Waals surface area contributed by atoms with E-state index < -0.39 is 0 Å². The molecule has 18 heavy (non-hydrogen) atoms. The molecule has 1 atom stereocenters. The standard InChI is InChI=1S/C13H18N4O/c1-2-12(17-5-7-18-8-6-17)13-10(15)3-4-16-11(13)9-14/h3-4,12H,2,5-8H2,1H3,(H2,15,16). The van der Waals surface area contributed by atoms with Crippen LogP contribution in [-0.2, 0) is 4.74 Å². The summed E-state index contributed by atoms with van der Waals surface area (Å²) in [5.41, 5.74) is 7.99. The van der Waals surface area contributed by atoms with E-state index in [0.717, 1.165) is 38.3 Å². The largest absolute Gasteiger partial charge is 0.398 e. The molecule has 0 radical (unpaired) electrons. The molecule has 0 spiro atoms. The van der Waals surface area contributed by atoms with Crippen molar-refractivity contribution in [2.75, 3.05) is 32.0 Å². The van der Waals surface area contributed by atoms with Crippen molar-refractivity contribution in [2.45, 2.75) is 19.4 Å². The van der Waals surface area contributed by atoms with Gasteiger partial charge >= 0.3 is 0 Å². The molecule has 2 heterocycles. The summed E-state index contributed by atoms with van der Waals surface area (Å²) in [5.74, 6) is 0. The number of morpholine rings is 1. The minimum atomic E-state index is 0.150. The van der Waals surface area contributed by atoms with E-state index in [-0.39, 0.29) is 6.04 Å². The Kier molecular flexibility index (Phi) is 4.13. The number of hydrogen-bond donors (Lipinski definition) is 1. The lowest BCUT2D eigenvalue weighted by Gasteiger charge is -2.34. The molecule has 1 aliphatic rings. The van der Waals surface area contributed by atoms with E-state index in [0.29, 0.717) is 11.4 Å². The monoisotopic (exact) mass is 246 g/mol. The van der Waals surface area contributed by atoms with Crippen molar-refractivity contribution < 1.29 is 4.74 Å². The molecule has 1 aliphatic heterocycles. The van der Waals surface area contributed by atoms with E-state index in [1.165, 1.54) is 0 Å². The zero-order valence-corrected chi connectivity index (χ0v) is 10.6. The first-order valence-electron chi connectivity index (χ1n) is 6.24. The van der Waals surface area contributed by atoms with Crippen LogP contribution in [0.4, 0.5) is 5.69 Å². The maximum atomic E-state index is 9.17. The molecule has 2 N–H and O–H groups in total. The van der Waals surface area contributed by atoms with E-state index >= 15 is 0 Å². The van der Waals surface area contributed by atoms with Gasteiger partial charge in [-0.3, -0.25) is 4.90 Å². The summed E-state index contributed by atoms with van der Waals surface area (Å²) in [4.78, 5) is 6.44. The number of rotatable bonds is 3. The van der Waals surface area contributed by atoms with Crippen molar-refractivity contribution in [3.05, 3.63) is 23.5 Å². The van der Waals surface area contributed by atoms with Crippen molar-refractivity contribution in [3.8, 4) is 6.07 Å². The fourth-order valence-electron chi connectivity index (χ4n) is 2.46. The molecule has 0 bridgehead atoms. The lowest BCUT2D eigenvalue weighted by molar-refractivity contribution is 0.0152. The van der Waals surface area contributed by atoms with Crippen LogP contribution in [0.1, 0.15) is 30.6 Å². The number of ether oxygens (including phenoxy) is 1. The molecule has 0 amide bonds. The summed E-state index contributed by atoms with van der Waals surface area (Å²) in [6.07, 6.45) is 2.49. The highest BCUT2D eigenvalue weighted by Crippen LogP contribution is 2.30. The second-order valence-corrected chi connectivity index (χ2v) is 4.35. The highest BCUT2D eigenvalue weighted by Gasteiger charge is 2.25. The Bertz CT molecular complexity index is 449. The molecule has 1 aromatic heterocycles. The summed E-state index contributed by atoms with van der Waals surface area (Å²) in [7, 11) is 0. The first kappa shape index (κ1) is 12.8. The van der Waals surface area contributed by atoms with Gasteiger partial charge in [0.25, 0.3) is 0 Å². The molecular weight excluding hydrogens is 228 g/mol. The van der Waals surface area contributed by atoms with E-state index in [1.807, 2.05) is 0 Å². The molecule has 96 valence electrons. The van der Waals surface area contributed by atoms with Gasteiger partial charge in [0.1, 0.15) is 11.8 Å². The van der Waals surface area contributed by atoms with Crippen molar-refractivity contribution in [1.29, 1.82) is 5.26 Å². The van der Waals surface area contributed by atoms with Gasteiger partial charge in [-0.2, -0.15) is 5.26 Å². The van der Waals surface area contributed by atoms with Crippen LogP contribution in [0.15, 0.2) is 12.3 Å². The summed E-state index contributed by atoms with van der Waals surface area (Å²) >= 11 is 0. The van der Waals surface area contributed by atoms with Crippen LogP contribution in [0.3, 0.4) is 0 Å². The fraction of sp³-hybridized carbons (Fsp3) is 0.538. The molecule has 1 unspecified atom stereocenters. The fourth-order valence-corrected chi connectivity index (χ4v) is 2.46. The van der Waals surface area contributed by atoms with Gasteiger partial charge in [0.05, 0.1) is 13.2 Å². The number of anilines is 1. The van der Waals surface area contributed by atoms with Crippen LogP contribution in [0.5, 0.6) is 0 Å². The van der Waals surface area contributed by atoms with E-state index in [1.54, 1.807) is 12.3 Å². The Morgan fingerprint density at radius 3 is 2.89 bits per heavy atom. The van der Waals surface area contributed by atoms with Gasteiger partial charge < -0.3 is 10.5 Å². The molecule has 1 fully saturated rings. The Hall–Kier alpha value is -1.64. The molecule has 1 saturated heterocycles. The first-order chi connectivity index (χ1) is 8.77. The maximum Gasteiger partial charge on any atom is 0.147 e.